The van der Waals surface area contributed by atoms with Gasteiger partial charge in [-0.1, -0.05) is 20.8 Å². The lowest BCUT2D eigenvalue weighted by atomic mass is 10.1. The molecule has 0 saturated heterocycles. The lowest BCUT2D eigenvalue weighted by Crippen LogP contribution is -2.36. The Kier molecular flexibility index (Phi) is 5.56. The van der Waals surface area contributed by atoms with Crippen LogP contribution in [0.2, 0.25) is 0 Å². The minimum absolute atomic E-state index is 0.152. The summed E-state index contributed by atoms with van der Waals surface area (Å²) in [6.07, 6.45) is 1.01. The second-order valence-corrected chi connectivity index (χ2v) is 5.24. The molecular weight excluding hydrogens is 254 g/mol. The zero-order valence-electron chi connectivity index (χ0n) is 12.7. The molecule has 0 aromatic carbocycles. The van der Waals surface area contributed by atoms with E-state index in [1.54, 1.807) is 11.9 Å². The topological polar surface area (TPSA) is 87.9 Å². The molecule has 0 spiro atoms. The van der Waals surface area contributed by atoms with Crippen LogP contribution in [-0.4, -0.2) is 33.7 Å². The summed E-state index contributed by atoms with van der Waals surface area (Å²) in [6.45, 7) is 7.05. The Labute approximate surface area is 120 Å². The second kappa shape index (κ2) is 6.94. The van der Waals surface area contributed by atoms with Crippen LogP contribution in [0, 0.1) is 17.2 Å². The third-order valence-corrected chi connectivity index (χ3v) is 3.06. The van der Waals surface area contributed by atoms with Crippen LogP contribution in [0.25, 0.3) is 0 Å². The van der Waals surface area contributed by atoms with E-state index < -0.39 is 0 Å². The smallest absolute Gasteiger partial charge is 0.274 e. The fourth-order valence-electron chi connectivity index (χ4n) is 2.16. The molecule has 1 amide bonds. The van der Waals surface area contributed by atoms with E-state index in [1.807, 2.05) is 20.8 Å². The Morgan fingerprint density at radius 2 is 2.20 bits per heavy atom. The number of nitrogens with zero attached hydrogens (tertiary/aromatic N) is 4. The van der Waals surface area contributed by atoms with E-state index in [0.29, 0.717) is 43.2 Å². The van der Waals surface area contributed by atoms with Gasteiger partial charge in [0.05, 0.1) is 23.9 Å². The highest BCUT2D eigenvalue weighted by Crippen LogP contribution is 2.19. The molecule has 2 N–H and O–H groups in total. The van der Waals surface area contributed by atoms with Gasteiger partial charge in [-0.15, -0.1) is 0 Å². The Hall–Kier alpha value is -2.03. The number of aryl methyl sites for hydroxylation is 2. The first kappa shape index (κ1) is 16.0. The summed E-state index contributed by atoms with van der Waals surface area (Å²) in [4.78, 5) is 14.3. The number of nitriles is 1. The van der Waals surface area contributed by atoms with Crippen molar-refractivity contribution in [3.8, 4) is 6.07 Å². The van der Waals surface area contributed by atoms with Crippen molar-refractivity contribution < 1.29 is 4.79 Å². The molecule has 1 rings (SSSR count). The molecule has 0 aliphatic rings. The van der Waals surface area contributed by atoms with Gasteiger partial charge in [-0.25, -0.2) is 0 Å². The molecule has 0 saturated carbocycles. The average molecular weight is 277 g/mol. The molecule has 0 fully saturated rings. The van der Waals surface area contributed by atoms with Crippen LogP contribution in [0.5, 0.6) is 0 Å². The number of nitrogen functional groups attached to an aromatic ring is 1. The summed E-state index contributed by atoms with van der Waals surface area (Å²) >= 11 is 0. The second-order valence-electron chi connectivity index (χ2n) is 5.24. The van der Waals surface area contributed by atoms with Crippen molar-refractivity contribution in [1.82, 2.24) is 14.7 Å². The van der Waals surface area contributed by atoms with E-state index in [-0.39, 0.29) is 5.91 Å². The molecular formula is C14H23N5O. The van der Waals surface area contributed by atoms with Gasteiger partial charge < -0.3 is 10.6 Å². The average Bonchev–Trinajstić information content (AvgIpc) is 2.68. The third-order valence-electron chi connectivity index (χ3n) is 3.06. The maximum Gasteiger partial charge on any atom is 0.274 e. The molecule has 20 heavy (non-hydrogen) atoms. The quantitative estimate of drug-likeness (QED) is 0.855. The first-order valence-corrected chi connectivity index (χ1v) is 6.89. The summed E-state index contributed by atoms with van der Waals surface area (Å²) in [5.74, 6) is 0.180. The predicted molar refractivity (Wildman–Crippen MR) is 78.0 cm³/mol. The van der Waals surface area contributed by atoms with E-state index in [9.17, 15) is 4.79 Å². The summed E-state index contributed by atoms with van der Waals surface area (Å²) in [5, 5.41) is 13.0. The lowest BCUT2D eigenvalue weighted by molar-refractivity contribution is 0.0730. The maximum absolute atomic E-state index is 12.6. The normalized spacial score (nSPS) is 10.6. The lowest BCUT2D eigenvalue weighted by Gasteiger charge is -2.23. The van der Waals surface area contributed by atoms with Gasteiger partial charge in [-0.3, -0.25) is 9.48 Å². The third kappa shape index (κ3) is 3.50. The molecule has 0 radical (unpaired) electrons. The van der Waals surface area contributed by atoms with Crippen molar-refractivity contribution in [3.63, 3.8) is 0 Å². The summed E-state index contributed by atoms with van der Waals surface area (Å²) in [7, 11) is 1.72. The zero-order valence-corrected chi connectivity index (χ0v) is 12.7. The largest absolute Gasteiger partial charge is 0.395 e. The summed E-state index contributed by atoms with van der Waals surface area (Å²) in [5.41, 5.74) is 7.62. The molecule has 110 valence electrons. The molecule has 1 heterocycles. The van der Waals surface area contributed by atoms with Crippen molar-refractivity contribution in [1.29, 1.82) is 5.26 Å². The van der Waals surface area contributed by atoms with E-state index in [4.69, 9.17) is 11.0 Å². The minimum atomic E-state index is -0.152. The number of carbonyl (C=O) groups is 1. The first-order chi connectivity index (χ1) is 9.42. The molecule has 1 aromatic rings. The van der Waals surface area contributed by atoms with Crippen LogP contribution in [0.15, 0.2) is 0 Å². The van der Waals surface area contributed by atoms with E-state index in [2.05, 4.69) is 11.2 Å². The highest BCUT2D eigenvalue weighted by atomic mass is 16.2. The fraction of sp³-hybridized carbons (Fsp3) is 0.643. The molecule has 6 nitrogen and oxygen atoms in total. The van der Waals surface area contributed by atoms with Crippen LogP contribution in [0.3, 0.4) is 0 Å². The molecule has 0 aliphatic heterocycles. The maximum atomic E-state index is 12.6. The van der Waals surface area contributed by atoms with Crippen LogP contribution in [0.1, 0.15) is 43.4 Å². The van der Waals surface area contributed by atoms with Crippen LogP contribution in [-0.2, 0) is 13.5 Å². The van der Waals surface area contributed by atoms with Gasteiger partial charge in [0.1, 0.15) is 5.69 Å². The minimum Gasteiger partial charge on any atom is -0.395 e. The number of rotatable bonds is 6. The van der Waals surface area contributed by atoms with Gasteiger partial charge in [0, 0.05) is 20.1 Å². The number of hydrogen-bond donors (Lipinski definition) is 1. The van der Waals surface area contributed by atoms with Crippen molar-refractivity contribution in [2.75, 3.05) is 18.8 Å². The van der Waals surface area contributed by atoms with E-state index in [0.717, 1.165) is 5.69 Å². The first-order valence-electron chi connectivity index (χ1n) is 6.89. The van der Waals surface area contributed by atoms with Crippen LogP contribution < -0.4 is 5.73 Å². The summed E-state index contributed by atoms with van der Waals surface area (Å²) in [6, 6.07) is 2.08. The molecule has 0 aliphatic carbocycles. The van der Waals surface area contributed by atoms with Crippen LogP contribution in [0.4, 0.5) is 5.69 Å². The number of carbonyl (C=O) groups excluding carboxylic acids is 1. The molecule has 0 bridgehead atoms. The van der Waals surface area contributed by atoms with Gasteiger partial charge in [0.2, 0.25) is 0 Å². The van der Waals surface area contributed by atoms with Gasteiger partial charge in [-0.2, -0.15) is 10.4 Å². The van der Waals surface area contributed by atoms with Gasteiger partial charge in [0.25, 0.3) is 5.91 Å². The SMILES string of the molecule is CCc1nn(C)c(C(=O)N(CCC#N)CC(C)C)c1N. The standard InChI is InChI=1S/C14H23N5O/c1-5-11-12(16)13(18(4)17-11)14(20)19(8-6-7-15)9-10(2)3/h10H,5-6,8-9,16H2,1-4H3. The van der Waals surface area contributed by atoms with Crippen molar-refractivity contribution in [2.45, 2.75) is 33.6 Å². The highest BCUT2D eigenvalue weighted by molar-refractivity contribution is 5.98. The number of aromatic nitrogens is 2. The van der Waals surface area contributed by atoms with Crippen molar-refractivity contribution in [3.05, 3.63) is 11.4 Å². The molecule has 0 atom stereocenters. The summed E-state index contributed by atoms with van der Waals surface area (Å²) < 4.78 is 1.54. The molecule has 1 aromatic heterocycles. The van der Waals surface area contributed by atoms with E-state index in [1.165, 1.54) is 4.68 Å². The molecule has 6 heteroatoms. The van der Waals surface area contributed by atoms with Crippen molar-refractivity contribution >= 4 is 11.6 Å². The number of hydrogen-bond acceptors (Lipinski definition) is 4. The van der Waals surface area contributed by atoms with Crippen LogP contribution >= 0.6 is 0 Å². The Bertz CT molecular complexity index is 512. The number of amides is 1. The van der Waals surface area contributed by atoms with Crippen molar-refractivity contribution in [2.24, 2.45) is 13.0 Å². The fourth-order valence-corrected chi connectivity index (χ4v) is 2.16. The monoisotopic (exact) mass is 277 g/mol. The molecule has 0 unspecified atom stereocenters. The Balaban J connectivity index is 3.05. The Morgan fingerprint density at radius 1 is 1.55 bits per heavy atom. The van der Waals surface area contributed by atoms with Gasteiger partial charge >= 0.3 is 0 Å². The van der Waals surface area contributed by atoms with E-state index >= 15 is 0 Å². The van der Waals surface area contributed by atoms with Gasteiger partial charge in [0.15, 0.2) is 0 Å². The Morgan fingerprint density at radius 3 is 2.65 bits per heavy atom. The predicted octanol–water partition coefficient (Wildman–Crippen LogP) is 1.58. The zero-order chi connectivity index (χ0) is 15.3. The highest BCUT2D eigenvalue weighted by Gasteiger charge is 2.24. The number of nitrogens with two attached hydrogens (primary N) is 1. The van der Waals surface area contributed by atoms with Gasteiger partial charge in [-0.05, 0) is 12.3 Å². The number of anilines is 1.